The van der Waals surface area contributed by atoms with Gasteiger partial charge in [-0.2, -0.15) is 8.42 Å². The van der Waals surface area contributed by atoms with Crippen LogP contribution in [0.4, 0.5) is 0 Å². The molecule has 0 amide bonds. The van der Waals surface area contributed by atoms with E-state index in [1.54, 1.807) is 0 Å². The first-order valence-corrected chi connectivity index (χ1v) is 7.89. The summed E-state index contributed by atoms with van der Waals surface area (Å²) < 4.78 is 31.9. The Labute approximate surface area is 109 Å². The highest BCUT2D eigenvalue weighted by molar-refractivity contribution is 7.85. The first-order chi connectivity index (χ1) is 8.53. The predicted molar refractivity (Wildman–Crippen MR) is 71.3 cm³/mol. The summed E-state index contributed by atoms with van der Waals surface area (Å²) in [5.74, 6) is 0.874. The topological polar surface area (TPSA) is 52.6 Å². The fourth-order valence-corrected chi connectivity index (χ4v) is 1.96. The molecule has 0 aromatic heterocycles. The van der Waals surface area contributed by atoms with Gasteiger partial charge in [0.25, 0.3) is 10.1 Å². The Bertz CT molecular complexity index is 454. The van der Waals surface area contributed by atoms with Gasteiger partial charge in [-0.15, -0.1) is 0 Å². The van der Waals surface area contributed by atoms with E-state index >= 15 is 0 Å². The van der Waals surface area contributed by atoms with Gasteiger partial charge in [-0.1, -0.05) is 25.1 Å². The van der Waals surface area contributed by atoms with Crippen LogP contribution in [0.3, 0.4) is 0 Å². The smallest absolute Gasteiger partial charge is 0.264 e. The van der Waals surface area contributed by atoms with E-state index in [9.17, 15) is 8.42 Å². The molecule has 4 nitrogen and oxygen atoms in total. The van der Waals surface area contributed by atoms with Gasteiger partial charge >= 0.3 is 0 Å². The molecule has 0 radical (unpaired) electrons. The average molecular weight is 272 g/mol. The van der Waals surface area contributed by atoms with Crippen LogP contribution in [0, 0.1) is 0 Å². The quantitative estimate of drug-likeness (QED) is 0.538. The van der Waals surface area contributed by atoms with Gasteiger partial charge in [0, 0.05) is 0 Å². The summed E-state index contributed by atoms with van der Waals surface area (Å²) in [4.78, 5) is 0. The third-order valence-corrected chi connectivity index (χ3v) is 2.92. The number of hydrogen-bond acceptors (Lipinski definition) is 4. The number of rotatable bonds is 8. The molecule has 0 saturated heterocycles. The van der Waals surface area contributed by atoms with Gasteiger partial charge in [-0.25, -0.2) is 0 Å². The Morgan fingerprint density at radius 3 is 2.56 bits per heavy atom. The predicted octanol–water partition coefficient (Wildman–Crippen LogP) is 2.38. The Hall–Kier alpha value is -1.07. The molecule has 0 N–H and O–H groups in total. The molecule has 0 atom stereocenters. The van der Waals surface area contributed by atoms with Crippen LogP contribution in [0.25, 0.3) is 0 Å². The fourth-order valence-electron chi connectivity index (χ4n) is 1.54. The van der Waals surface area contributed by atoms with E-state index < -0.39 is 10.1 Å². The van der Waals surface area contributed by atoms with E-state index in [2.05, 4.69) is 6.92 Å². The number of benzene rings is 1. The van der Waals surface area contributed by atoms with Crippen LogP contribution in [0.1, 0.15) is 25.3 Å². The third kappa shape index (κ3) is 6.02. The normalized spacial score (nSPS) is 11.4. The van der Waals surface area contributed by atoms with Crippen molar-refractivity contribution in [2.75, 3.05) is 19.5 Å². The van der Waals surface area contributed by atoms with Crippen molar-refractivity contribution in [2.24, 2.45) is 0 Å². The summed E-state index contributed by atoms with van der Waals surface area (Å²) in [6.07, 6.45) is 3.42. The minimum Gasteiger partial charge on any atom is -0.493 e. The standard InChI is InChI=1S/C13H20O4S/c1-3-10-16-13-9-5-4-7-12(13)8-6-11-17-18(2,14)15/h4-5,7,9H,3,6,8,10-11H2,1-2H3. The Balaban J connectivity index is 2.46. The highest BCUT2D eigenvalue weighted by Crippen LogP contribution is 2.19. The lowest BCUT2D eigenvalue weighted by molar-refractivity contribution is 0.305. The van der Waals surface area contributed by atoms with E-state index in [0.29, 0.717) is 13.0 Å². The van der Waals surface area contributed by atoms with Gasteiger partial charge in [0.15, 0.2) is 0 Å². The van der Waals surface area contributed by atoms with Crippen LogP contribution in [0.15, 0.2) is 24.3 Å². The van der Waals surface area contributed by atoms with Crippen molar-refractivity contribution in [3.05, 3.63) is 29.8 Å². The van der Waals surface area contributed by atoms with Crippen molar-refractivity contribution >= 4 is 10.1 Å². The zero-order chi connectivity index (χ0) is 13.4. The van der Waals surface area contributed by atoms with E-state index in [1.165, 1.54) is 0 Å². The van der Waals surface area contributed by atoms with Crippen molar-refractivity contribution in [3.8, 4) is 5.75 Å². The molecule has 102 valence electrons. The van der Waals surface area contributed by atoms with Crippen molar-refractivity contribution in [2.45, 2.75) is 26.2 Å². The van der Waals surface area contributed by atoms with Crippen LogP contribution in [0.5, 0.6) is 5.75 Å². The largest absolute Gasteiger partial charge is 0.493 e. The zero-order valence-corrected chi connectivity index (χ0v) is 11.7. The molecule has 1 rings (SSSR count). The molecule has 0 fully saturated rings. The monoisotopic (exact) mass is 272 g/mol. The minimum atomic E-state index is -3.33. The Morgan fingerprint density at radius 2 is 1.89 bits per heavy atom. The summed E-state index contributed by atoms with van der Waals surface area (Å²) in [5, 5.41) is 0. The molecule has 0 aliphatic rings. The van der Waals surface area contributed by atoms with Gasteiger partial charge in [0.05, 0.1) is 19.5 Å². The van der Waals surface area contributed by atoms with E-state index in [1.807, 2.05) is 24.3 Å². The summed E-state index contributed by atoms with van der Waals surface area (Å²) in [7, 11) is -3.33. The van der Waals surface area contributed by atoms with Crippen LogP contribution < -0.4 is 4.74 Å². The maximum absolute atomic E-state index is 10.8. The van der Waals surface area contributed by atoms with Crippen molar-refractivity contribution in [3.63, 3.8) is 0 Å². The summed E-state index contributed by atoms with van der Waals surface area (Å²) in [5.41, 5.74) is 1.09. The molecule has 5 heteroatoms. The number of para-hydroxylation sites is 1. The second-order valence-corrected chi connectivity index (χ2v) is 5.73. The average Bonchev–Trinajstić information content (AvgIpc) is 2.32. The van der Waals surface area contributed by atoms with Crippen LogP contribution >= 0.6 is 0 Å². The first-order valence-electron chi connectivity index (χ1n) is 6.08. The number of hydrogen-bond donors (Lipinski definition) is 0. The second kappa shape index (κ2) is 7.38. The highest BCUT2D eigenvalue weighted by Gasteiger charge is 2.04. The lowest BCUT2D eigenvalue weighted by Crippen LogP contribution is -2.05. The molecule has 1 aromatic rings. The van der Waals surface area contributed by atoms with Crippen molar-refractivity contribution in [1.82, 2.24) is 0 Å². The van der Waals surface area contributed by atoms with E-state index in [0.717, 1.165) is 30.4 Å². The van der Waals surface area contributed by atoms with Gasteiger partial charge in [-0.3, -0.25) is 4.18 Å². The third-order valence-electron chi connectivity index (χ3n) is 2.32. The summed E-state index contributed by atoms with van der Waals surface area (Å²) in [6, 6.07) is 7.81. The summed E-state index contributed by atoms with van der Waals surface area (Å²) >= 11 is 0. The molecule has 18 heavy (non-hydrogen) atoms. The molecular weight excluding hydrogens is 252 g/mol. The Kier molecular flexibility index (Phi) is 6.15. The van der Waals surface area contributed by atoms with Gasteiger partial charge in [0.2, 0.25) is 0 Å². The fraction of sp³-hybridized carbons (Fsp3) is 0.538. The molecule has 0 saturated carbocycles. The zero-order valence-electron chi connectivity index (χ0n) is 10.9. The van der Waals surface area contributed by atoms with Crippen molar-refractivity contribution < 1.29 is 17.3 Å². The minimum absolute atomic E-state index is 0.209. The van der Waals surface area contributed by atoms with Gasteiger partial charge < -0.3 is 4.74 Å². The van der Waals surface area contributed by atoms with Crippen LogP contribution in [-0.4, -0.2) is 27.9 Å². The first kappa shape index (κ1) is 15.0. The number of aryl methyl sites for hydroxylation is 1. The van der Waals surface area contributed by atoms with Crippen molar-refractivity contribution in [1.29, 1.82) is 0 Å². The molecule has 0 unspecified atom stereocenters. The van der Waals surface area contributed by atoms with Gasteiger partial charge in [-0.05, 0) is 30.9 Å². The molecular formula is C13H20O4S. The van der Waals surface area contributed by atoms with Crippen LogP contribution in [0.2, 0.25) is 0 Å². The lowest BCUT2D eigenvalue weighted by atomic mass is 10.1. The van der Waals surface area contributed by atoms with Crippen LogP contribution in [-0.2, 0) is 20.7 Å². The second-order valence-electron chi connectivity index (χ2n) is 4.09. The number of ether oxygens (including phenoxy) is 1. The van der Waals surface area contributed by atoms with Gasteiger partial charge in [0.1, 0.15) is 5.75 Å². The molecule has 0 aliphatic carbocycles. The highest BCUT2D eigenvalue weighted by atomic mass is 32.2. The molecule has 0 heterocycles. The molecule has 0 aliphatic heterocycles. The Morgan fingerprint density at radius 1 is 1.17 bits per heavy atom. The SMILES string of the molecule is CCCOc1ccccc1CCCOS(C)(=O)=O. The molecule has 1 aromatic carbocycles. The summed E-state index contributed by atoms with van der Waals surface area (Å²) in [6.45, 7) is 2.96. The van der Waals surface area contributed by atoms with E-state index in [4.69, 9.17) is 8.92 Å². The maximum atomic E-state index is 10.8. The maximum Gasteiger partial charge on any atom is 0.264 e. The molecule has 0 spiro atoms. The lowest BCUT2D eigenvalue weighted by Gasteiger charge is -2.10. The molecule has 0 bridgehead atoms. The van der Waals surface area contributed by atoms with E-state index in [-0.39, 0.29) is 6.61 Å².